The summed E-state index contributed by atoms with van der Waals surface area (Å²) in [6, 6.07) is 104. The van der Waals surface area contributed by atoms with Crippen molar-refractivity contribution in [3.05, 3.63) is 333 Å². The van der Waals surface area contributed by atoms with E-state index in [1.165, 1.54) is 94.5 Å². The Morgan fingerprint density at radius 2 is 0.643 bits per heavy atom. The largest absolute Gasteiger partial charge is 0.488 e. The third-order valence-corrected chi connectivity index (χ3v) is 18.5. The molecule has 0 aliphatic carbocycles. The third-order valence-electron chi connectivity index (χ3n) is 16.7. The predicted molar refractivity (Wildman–Crippen MR) is 427 cm³/mol. The molecule has 16 rings (SSSR count). The van der Waals surface area contributed by atoms with Gasteiger partial charge in [-0.3, -0.25) is 9.59 Å². The summed E-state index contributed by atoms with van der Waals surface area (Å²) in [5.41, 5.74) is 21.2. The third kappa shape index (κ3) is 15.8. The van der Waals surface area contributed by atoms with E-state index < -0.39 is 7.12 Å². The van der Waals surface area contributed by atoms with Crippen LogP contribution in [0.2, 0.25) is 0 Å². The number of benzene rings is 13. The summed E-state index contributed by atoms with van der Waals surface area (Å²) < 4.78 is 10.3. The molecular weight excluding hydrogens is 1450 g/mol. The summed E-state index contributed by atoms with van der Waals surface area (Å²) in [6.07, 6.45) is 0. The van der Waals surface area contributed by atoms with Gasteiger partial charge in [0, 0.05) is 87.1 Å². The molecule has 13 heteroatoms. The Morgan fingerprint density at radius 1 is 0.337 bits per heavy atom. The number of carbonyl (C=O) groups is 2. The molecule has 0 fully saturated rings. The lowest BCUT2D eigenvalue weighted by Crippen LogP contribution is -2.29. The van der Waals surface area contributed by atoms with E-state index in [-0.39, 0.29) is 11.8 Å². The highest BCUT2D eigenvalue weighted by Gasteiger charge is 2.19. The van der Waals surface area contributed by atoms with Crippen LogP contribution in [0.1, 0.15) is 30.5 Å². The van der Waals surface area contributed by atoms with Crippen LogP contribution < -0.4 is 16.1 Å². The van der Waals surface area contributed by atoms with Crippen molar-refractivity contribution < 1.29 is 19.6 Å². The van der Waals surface area contributed by atoms with E-state index in [4.69, 9.17) is 0 Å². The fourth-order valence-corrected chi connectivity index (χ4v) is 13.3. The Hall–Kier alpha value is -10.1. The van der Waals surface area contributed by atoms with Gasteiger partial charge in [-0.15, -0.1) is 0 Å². The monoisotopic (exact) mass is 1520 g/mol. The molecule has 0 radical (unpaired) electrons. The molecule has 0 aliphatic rings. The Balaban J connectivity index is 0.000000122. The van der Waals surface area contributed by atoms with E-state index in [0.29, 0.717) is 5.46 Å². The Bertz CT molecular complexity index is 5420. The fourth-order valence-electron chi connectivity index (χ4n) is 12.3. The molecule has 0 spiro atoms. The maximum Gasteiger partial charge on any atom is 0.488 e. The molecule has 0 atom stereocenters. The number of para-hydroxylation sites is 3. The van der Waals surface area contributed by atoms with Crippen molar-refractivity contribution in [1.82, 2.24) is 13.7 Å². The zero-order chi connectivity index (χ0) is 68.4. The van der Waals surface area contributed by atoms with Crippen molar-refractivity contribution in [2.24, 2.45) is 0 Å². The number of halogens is 3. The molecule has 9 nitrogen and oxygen atoms in total. The van der Waals surface area contributed by atoms with E-state index in [2.05, 4.69) is 306 Å². The maximum absolute atomic E-state index is 11.3. The first-order valence-electron chi connectivity index (χ1n) is 32.1. The normalized spacial score (nSPS) is 10.8. The second-order valence-electron chi connectivity index (χ2n) is 23.9. The zero-order valence-electron chi connectivity index (χ0n) is 54.6. The quantitative estimate of drug-likeness (QED) is 0.0896. The molecule has 482 valence electrons. The summed E-state index contributed by atoms with van der Waals surface area (Å²) in [5, 5.41) is 31.7. The van der Waals surface area contributed by atoms with Crippen LogP contribution in [0.3, 0.4) is 0 Å². The molecule has 3 aromatic heterocycles. The van der Waals surface area contributed by atoms with Gasteiger partial charge in [-0.05, 0) is 229 Å². The van der Waals surface area contributed by atoms with Gasteiger partial charge < -0.3 is 34.4 Å². The predicted octanol–water partition coefficient (Wildman–Crippen LogP) is 21.7. The van der Waals surface area contributed by atoms with E-state index in [0.717, 1.165) is 64.6 Å². The minimum Gasteiger partial charge on any atom is -0.423 e. The lowest BCUT2D eigenvalue weighted by molar-refractivity contribution is -0.115. The minimum absolute atomic E-state index is 0.0488. The van der Waals surface area contributed by atoms with Crippen molar-refractivity contribution in [3.8, 4) is 39.3 Å². The van der Waals surface area contributed by atoms with Crippen molar-refractivity contribution >= 4 is 156 Å². The van der Waals surface area contributed by atoms with Gasteiger partial charge in [0.05, 0.1) is 33.1 Å². The molecule has 0 saturated carbocycles. The van der Waals surface area contributed by atoms with Gasteiger partial charge in [-0.2, -0.15) is 0 Å². The second-order valence-corrected chi connectivity index (χ2v) is 27.0. The summed E-state index contributed by atoms with van der Waals surface area (Å²) in [6.45, 7) is 9.35. The van der Waals surface area contributed by atoms with Crippen molar-refractivity contribution in [2.45, 2.75) is 34.6 Å². The average molecular weight is 1520 g/mol. The number of aromatic nitrogens is 3. The van der Waals surface area contributed by atoms with Gasteiger partial charge in [0.25, 0.3) is 0 Å². The van der Waals surface area contributed by atoms with Crippen LogP contribution >= 0.6 is 54.5 Å². The van der Waals surface area contributed by atoms with Gasteiger partial charge in [0.1, 0.15) is 0 Å². The molecule has 0 unspecified atom stereocenters. The summed E-state index contributed by atoms with van der Waals surface area (Å²) >= 11 is 9.21. The molecule has 16 aromatic rings. The number of anilines is 2. The number of rotatable bonds is 8. The smallest absolute Gasteiger partial charge is 0.423 e. The first-order chi connectivity index (χ1) is 47.5. The topological polar surface area (TPSA) is 113 Å². The molecule has 0 saturated heterocycles. The van der Waals surface area contributed by atoms with E-state index >= 15 is 0 Å². The standard InChI is InChI=1S/C27H22N2O.C19H16BNO2.C19H14BrN.C12H9I.C8H8BrNO/c1-18-8-14-26-24(16-18)25-17-21(20-9-12-22(13-10-20)28-19(2)30)11-15-27(25)29(26)23-6-4-3-5-7-23;1-13-7-9-18-16(11-13)17-12-14(20(22)23)8-10-19(17)21(18)15-5-3-2-4-6-15;1-13-7-9-18-16(11-13)17-12-14(20)8-10-19(17)21(18)15-5-3-2-4-6-15;13-12-8-6-11(7-9-12)10-4-2-1-3-5-10;1-6(11)10-8-4-2-7(9)3-5-8/h3-17H,1-2H3,(H,28,30);2-12,22-23H,1H3;2-12H,1H3;1-9H;2-5H,1H3,(H,10,11). The van der Waals surface area contributed by atoms with Crippen LogP contribution in [0, 0.1) is 24.3 Å². The molecule has 4 N–H and O–H groups in total. The van der Waals surface area contributed by atoms with E-state index in [1.54, 1.807) is 6.07 Å². The van der Waals surface area contributed by atoms with Gasteiger partial charge in [-0.25, -0.2) is 0 Å². The van der Waals surface area contributed by atoms with Crippen LogP contribution in [-0.4, -0.2) is 42.7 Å². The number of nitrogens with zero attached hydrogens (tertiary/aromatic N) is 3. The lowest BCUT2D eigenvalue weighted by Gasteiger charge is -2.08. The first kappa shape index (κ1) is 67.8. The summed E-state index contributed by atoms with van der Waals surface area (Å²) in [7, 11) is -1.46. The number of fused-ring (bicyclic) bond motifs is 9. The number of hydrogen-bond acceptors (Lipinski definition) is 4. The Labute approximate surface area is 601 Å². The highest BCUT2D eigenvalue weighted by Crippen LogP contribution is 2.38. The van der Waals surface area contributed by atoms with Crippen LogP contribution in [-0.2, 0) is 9.59 Å². The highest BCUT2D eigenvalue weighted by molar-refractivity contribution is 14.1. The van der Waals surface area contributed by atoms with Crippen LogP contribution in [0.5, 0.6) is 0 Å². The molecule has 2 amide bonds. The first-order valence-corrected chi connectivity index (χ1v) is 34.7. The second kappa shape index (κ2) is 30.9. The molecule has 13 aromatic carbocycles. The number of amides is 2. The number of hydrogen-bond donors (Lipinski definition) is 4. The highest BCUT2D eigenvalue weighted by atomic mass is 127. The van der Waals surface area contributed by atoms with Crippen molar-refractivity contribution in [3.63, 3.8) is 0 Å². The van der Waals surface area contributed by atoms with Gasteiger partial charge >= 0.3 is 7.12 Å². The Kier molecular flexibility index (Phi) is 21.4. The number of carbonyl (C=O) groups excluding carboxylic acids is 2. The SMILES string of the molecule is CC(=O)Nc1ccc(-c2ccc3c(c2)c2cc(C)ccc2n3-c2ccccc2)cc1.CC(=O)Nc1ccc(Br)cc1.Cc1ccc2c(c1)c1cc(B(O)O)ccc1n2-c1ccccc1.Cc1ccc2c(c1)c1cc(Br)ccc1n2-c1ccccc1.Ic1ccc(-c2ccccc2)cc1. The molecule has 3 heterocycles. The zero-order valence-corrected chi connectivity index (χ0v) is 60.0. The molecule has 0 aliphatic heterocycles. The van der Waals surface area contributed by atoms with E-state index in [9.17, 15) is 19.6 Å². The Morgan fingerprint density at radius 3 is 1.06 bits per heavy atom. The maximum atomic E-state index is 11.3. The van der Waals surface area contributed by atoms with Crippen molar-refractivity contribution in [1.29, 1.82) is 0 Å². The van der Waals surface area contributed by atoms with Gasteiger partial charge in [0.2, 0.25) is 11.8 Å². The molecule has 98 heavy (non-hydrogen) atoms. The van der Waals surface area contributed by atoms with Gasteiger partial charge in [-0.1, -0.05) is 194 Å². The average Bonchev–Trinajstić information content (AvgIpc) is 1.61. The molecular formula is C85H69BBr2IN5O4. The fraction of sp³-hybridized carbons (Fsp3) is 0.0588. The number of nitrogens with one attached hydrogen (secondary N) is 2. The van der Waals surface area contributed by atoms with Crippen LogP contribution in [0.25, 0.3) is 105 Å². The number of aryl methyl sites for hydroxylation is 3. The summed E-state index contributed by atoms with van der Waals surface area (Å²) in [4.78, 5) is 21.8. The van der Waals surface area contributed by atoms with E-state index in [1.807, 2.05) is 91.0 Å². The van der Waals surface area contributed by atoms with Crippen LogP contribution in [0.4, 0.5) is 11.4 Å². The molecule has 0 bridgehead atoms. The summed E-state index contributed by atoms with van der Waals surface area (Å²) in [5.74, 6) is -0.111. The van der Waals surface area contributed by atoms with Crippen LogP contribution in [0.15, 0.2) is 312 Å². The van der Waals surface area contributed by atoms with Gasteiger partial charge in [0.15, 0.2) is 0 Å². The van der Waals surface area contributed by atoms with Crippen molar-refractivity contribution in [2.75, 3.05) is 10.6 Å². The minimum atomic E-state index is -1.46. The lowest BCUT2D eigenvalue weighted by atomic mass is 9.80.